The second kappa shape index (κ2) is 8.60. The minimum atomic E-state index is 0.0760. The third kappa shape index (κ3) is 4.99. The summed E-state index contributed by atoms with van der Waals surface area (Å²) in [6.45, 7) is 3.27. The molecule has 0 atom stereocenters. The van der Waals surface area contributed by atoms with E-state index in [1.165, 1.54) is 0 Å². The standard InChI is InChI=1S/C17H20O3S/c1-2-19-16-8-3-4-9-17(16)20-10-11-21-15-7-5-6-14(12-15)13-18/h3-9,12,18H,2,10-11,13H2,1H3. The second-order valence-electron chi connectivity index (χ2n) is 4.38. The molecular formula is C17H20O3S. The summed E-state index contributed by atoms with van der Waals surface area (Å²) < 4.78 is 11.3. The molecule has 21 heavy (non-hydrogen) atoms. The molecule has 0 radical (unpaired) electrons. The summed E-state index contributed by atoms with van der Waals surface area (Å²) in [5.74, 6) is 2.41. The highest BCUT2D eigenvalue weighted by atomic mass is 32.2. The van der Waals surface area contributed by atoms with E-state index in [1.807, 2.05) is 55.5 Å². The van der Waals surface area contributed by atoms with Crippen LogP contribution in [0.25, 0.3) is 0 Å². The Morgan fingerprint density at radius 1 is 1.00 bits per heavy atom. The molecule has 0 saturated heterocycles. The van der Waals surface area contributed by atoms with Crippen molar-refractivity contribution in [3.8, 4) is 11.5 Å². The third-order valence-electron chi connectivity index (χ3n) is 2.84. The van der Waals surface area contributed by atoms with Gasteiger partial charge in [-0.3, -0.25) is 0 Å². The van der Waals surface area contributed by atoms with E-state index in [-0.39, 0.29) is 6.61 Å². The molecule has 4 heteroatoms. The number of hydrogen-bond donors (Lipinski definition) is 1. The Morgan fingerprint density at radius 3 is 2.48 bits per heavy atom. The van der Waals surface area contributed by atoms with Gasteiger partial charge in [0.2, 0.25) is 0 Å². The second-order valence-corrected chi connectivity index (χ2v) is 5.55. The van der Waals surface area contributed by atoms with Gasteiger partial charge in [-0.2, -0.15) is 0 Å². The van der Waals surface area contributed by atoms with Crippen molar-refractivity contribution in [1.82, 2.24) is 0 Å². The average Bonchev–Trinajstić information content (AvgIpc) is 2.53. The Labute approximate surface area is 129 Å². The van der Waals surface area contributed by atoms with Gasteiger partial charge >= 0.3 is 0 Å². The molecule has 2 aromatic rings. The largest absolute Gasteiger partial charge is 0.490 e. The number of rotatable bonds is 8. The molecule has 0 aromatic heterocycles. The summed E-state index contributed by atoms with van der Waals surface area (Å²) in [6.07, 6.45) is 0. The molecule has 0 heterocycles. The first kappa shape index (κ1) is 15.7. The van der Waals surface area contributed by atoms with Crippen molar-refractivity contribution in [2.24, 2.45) is 0 Å². The minimum Gasteiger partial charge on any atom is -0.490 e. The van der Waals surface area contributed by atoms with E-state index in [0.29, 0.717) is 13.2 Å². The predicted molar refractivity (Wildman–Crippen MR) is 86.2 cm³/mol. The lowest BCUT2D eigenvalue weighted by Crippen LogP contribution is -2.02. The minimum absolute atomic E-state index is 0.0760. The molecule has 3 nitrogen and oxygen atoms in total. The summed E-state index contributed by atoms with van der Waals surface area (Å²) in [5.41, 5.74) is 0.933. The summed E-state index contributed by atoms with van der Waals surface area (Å²) in [7, 11) is 0. The fourth-order valence-electron chi connectivity index (χ4n) is 1.89. The Balaban J connectivity index is 1.81. The van der Waals surface area contributed by atoms with Crippen LogP contribution >= 0.6 is 11.8 Å². The number of hydrogen-bond acceptors (Lipinski definition) is 4. The van der Waals surface area contributed by atoms with Gasteiger partial charge in [-0.05, 0) is 36.8 Å². The SMILES string of the molecule is CCOc1ccccc1OCCSc1cccc(CO)c1. The molecule has 1 N–H and O–H groups in total. The van der Waals surface area contributed by atoms with Gasteiger partial charge < -0.3 is 14.6 Å². The lowest BCUT2D eigenvalue weighted by molar-refractivity contribution is 0.281. The van der Waals surface area contributed by atoms with E-state index in [9.17, 15) is 0 Å². The number of ether oxygens (including phenoxy) is 2. The van der Waals surface area contributed by atoms with Crippen LogP contribution in [-0.4, -0.2) is 24.1 Å². The summed E-state index contributed by atoms with van der Waals surface area (Å²) in [4.78, 5) is 1.14. The molecule has 0 unspecified atom stereocenters. The highest BCUT2D eigenvalue weighted by Gasteiger charge is 2.03. The van der Waals surface area contributed by atoms with Crippen molar-refractivity contribution in [2.75, 3.05) is 19.0 Å². The zero-order valence-electron chi connectivity index (χ0n) is 12.1. The van der Waals surface area contributed by atoms with E-state index >= 15 is 0 Å². The summed E-state index contributed by atoms with van der Waals surface area (Å²) >= 11 is 1.71. The molecule has 0 spiro atoms. The zero-order chi connectivity index (χ0) is 14.9. The van der Waals surface area contributed by atoms with E-state index in [4.69, 9.17) is 14.6 Å². The van der Waals surface area contributed by atoms with Crippen molar-refractivity contribution >= 4 is 11.8 Å². The van der Waals surface area contributed by atoms with Gasteiger partial charge in [-0.25, -0.2) is 0 Å². The van der Waals surface area contributed by atoms with Gasteiger partial charge in [-0.15, -0.1) is 11.8 Å². The number of para-hydroxylation sites is 2. The maximum absolute atomic E-state index is 9.12. The number of aliphatic hydroxyl groups excluding tert-OH is 1. The maximum Gasteiger partial charge on any atom is 0.161 e. The monoisotopic (exact) mass is 304 g/mol. The van der Waals surface area contributed by atoms with Gasteiger partial charge in [0, 0.05) is 10.6 Å². The van der Waals surface area contributed by atoms with Crippen LogP contribution < -0.4 is 9.47 Å². The van der Waals surface area contributed by atoms with Gasteiger partial charge in [0.1, 0.15) is 0 Å². The van der Waals surface area contributed by atoms with Crippen molar-refractivity contribution in [3.63, 3.8) is 0 Å². The number of benzene rings is 2. The highest BCUT2D eigenvalue weighted by Crippen LogP contribution is 2.27. The summed E-state index contributed by atoms with van der Waals surface area (Å²) in [5, 5.41) is 9.12. The molecule has 0 bridgehead atoms. The van der Waals surface area contributed by atoms with Crippen LogP contribution in [0.2, 0.25) is 0 Å². The molecule has 0 amide bonds. The molecule has 112 valence electrons. The molecule has 0 aliphatic carbocycles. The molecule has 2 rings (SSSR count). The van der Waals surface area contributed by atoms with Crippen molar-refractivity contribution in [1.29, 1.82) is 0 Å². The van der Waals surface area contributed by atoms with Crippen LogP contribution in [0.4, 0.5) is 0 Å². The normalized spacial score (nSPS) is 10.4. The fraction of sp³-hybridized carbons (Fsp3) is 0.294. The number of aliphatic hydroxyl groups is 1. The predicted octanol–water partition coefficient (Wildman–Crippen LogP) is 3.75. The maximum atomic E-state index is 9.12. The lowest BCUT2D eigenvalue weighted by atomic mass is 10.2. The molecule has 0 aliphatic rings. The highest BCUT2D eigenvalue weighted by molar-refractivity contribution is 7.99. The Morgan fingerprint density at radius 2 is 1.76 bits per heavy atom. The quantitative estimate of drug-likeness (QED) is 0.595. The first-order chi connectivity index (χ1) is 10.3. The average molecular weight is 304 g/mol. The van der Waals surface area contributed by atoms with Crippen LogP contribution in [0.5, 0.6) is 11.5 Å². The van der Waals surface area contributed by atoms with E-state index in [2.05, 4.69) is 0 Å². The van der Waals surface area contributed by atoms with Crippen molar-refractivity contribution in [2.45, 2.75) is 18.4 Å². The Hall–Kier alpha value is -1.65. The fourth-order valence-corrected chi connectivity index (χ4v) is 2.70. The first-order valence-corrected chi connectivity index (χ1v) is 7.99. The first-order valence-electron chi connectivity index (χ1n) is 7.00. The van der Waals surface area contributed by atoms with Gasteiger partial charge in [0.25, 0.3) is 0 Å². The molecular weight excluding hydrogens is 284 g/mol. The van der Waals surface area contributed by atoms with E-state index in [1.54, 1.807) is 11.8 Å². The van der Waals surface area contributed by atoms with Crippen LogP contribution in [0.1, 0.15) is 12.5 Å². The van der Waals surface area contributed by atoms with Crippen LogP contribution in [0, 0.1) is 0 Å². The summed E-state index contributed by atoms with van der Waals surface area (Å²) in [6, 6.07) is 15.6. The topological polar surface area (TPSA) is 38.7 Å². The molecule has 0 saturated carbocycles. The zero-order valence-corrected chi connectivity index (χ0v) is 12.9. The Bertz CT molecular complexity index is 557. The molecule has 0 aliphatic heterocycles. The van der Waals surface area contributed by atoms with Gasteiger partial charge in [0.05, 0.1) is 19.8 Å². The Kier molecular flexibility index (Phi) is 6.44. The van der Waals surface area contributed by atoms with Crippen LogP contribution in [-0.2, 0) is 6.61 Å². The van der Waals surface area contributed by atoms with Gasteiger partial charge in [0.15, 0.2) is 11.5 Å². The van der Waals surface area contributed by atoms with E-state index < -0.39 is 0 Å². The number of thioether (sulfide) groups is 1. The molecule has 0 fully saturated rings. The van der Waals surface area contributed by atoms with E-state index in [0.717, 1.165) is 27.7 Å². The third-order valence-corrected chi connectivity index (χ3v) is 3.80. The van der Waals surface area contributed by atoms with Crippen LogP contribution in [0.15, 0.2) is 53.4 Å². The van der Waals surface area contributed by atoms with Crippen molar-refractivity contribution in [3.05, 3.63) is 54.1 Å². The smallest absolute Gasteiger partial charge is 0.161 e. The molecule has 2 aromatic carbocycles. The van der Waals surface area contributed by atoms with Crippen LogP contribution in [0.3, 0.4) is 0 Å². The lowest BCUT2D eigenvalue weighted by Gasteiger charge is -2.11. The van der Waals surface area contributed by atoms with Crippen molar-refractivity contribution < 1.29 is 14.6 Å². The van der Waals surface area contributed by atoms with Gasteiger partial charge in [-0.1, -0.05) is 24.3 Å².